The van der Waals surface area contributed by atoms with Crippen molar-refractivity contribution >= 4 is 5.91 Å². The van der Waals surface area contributed by atoms with E-state index >= 15 is 0 Å². The molecule has 1 amide bonds. The van der Waals surface area contributed by atoms with Gasteiger partial charge in [-0.05, 0) is 45.1 Å². The maximum Gasteiger partial charge on any atom is 0.219 e. The highest BCUT2D eigenvalue weighted by Crippen LogP contribution is 2.24. The molecule has 1 heterocycles. The van der Waals surface area contributed by atoms with Gasteiger partial charge in [0.05, 0.1) is 0 Å². The van der Waals surface area contributed by atoms with Crippen LogP contribution in [0.2, 0.25) is 0 Å². The Bertz CT molecular complexity index is 300. The van der Waals surface area contributed by atoms with Crippen LogP contribution >= 0.6 is 0 Å². The fraction of sp³-hybridized carbons (Fsp3) is 0.938. The van der Waals surface area contributed by atoms with E-state index in [9.17, 15) is 4.79 Å². The number of carbonyl (C=O) groups excluding carboxylic acids is 1. The monoisotopic (exact) mass is 281 g/mol. The zero-order chi connectivity index (χ0) is 14.4. The van der Waals surface area contributed by atoms with Crippen molar-refractivity contribution in [3.63, 3.8) is 0 Å². The van der Waals surface area contributed by atoms with Crippen molar-refractivity contribution in [2.75, 3.05) is 32.7 Å². The van der Waals surface area contributed by atoms with E-state index in [1.807, 2.05) is 4.90 Å². The van der Waals surface area contributed by atoms with Crippen molar-refractivity contribution in [3.8, 4) is 0 Å². The Morgan fingerprint density at radius 2 is 1.85 bits per heavy atom. The molecule has 4 nitrogen and oxygen atoms in total. The summed E-state index contributed by atoms with van der Waals surface area (Å²) in [6.45, 7) is 9.19. The van der Waals surface area contributed by atoms with E-state index in [1.54, 1.807) is 6.92 Å². The first-order valence-corrected chi connectivity index (χ1v) is 8.43. The number of nitrogens with one attached hydrogen (secondary N) is 1. The molecule has 0 unspecified atom stereocenters. The maximum absolute atomic E-state index is 11.5. The number of amides is 1. The lowest BCUT2D eigenvalue weighted by Crippen LogP contribution is -2.44. The average Bonchev–Trinajstić information content (AvgIpc) is 2.71. The summed E-state index contributed by atoms with van der Waals surface area (Å²) in [5, 5.41) is 3.66. The average molecular weight is 281 g/mol. The van der Waals surface area contributed by atoms with Crippen LogP contribution in [0, 0.1) is 0 Å². The second-order valence-corrected chi connectivity index (χ2v) is 6.36. The van der Waals surface area contributed by atoms with Crippen LogP contribution in [0.1, 0.15) is 52.4 Å². The predicted octanol–water partition coefficient (Wildman–Crippen LogP) is 1.85. The first-order chi connectivity index (χ1) is 9.70. The van der Waals surface area contributed by atoms with Crippen molar-refractivity contribution in [3.05, 3.63) is 0 Å². The van der Waals surface area contributed by atoms with Crippen molar-refractivity contribution in [2.45, 2.75) is 64.5 Å². The van der Waals surface area contributed by atoms with Crippen molar-refractivity contribution in [2.24, 2.45) is 0 Å². The van der Waals surface area contributed by atoms with Gasteiger partial charge in [-0.2, -0.15) is 0 Å². The van der Waals surface area contributed by atoms with Crippen LogP contribution < -0.4 is 5.32 Å². The summed E-state index contributed by atoms with van der Waals surface area (Å²) in [6.07, 6.45) is 7.64. The lowest BCUT2D eigenvalue weighted by atomic mass is 9.90. The number of nitrogens with zero attached hydrogens (tertiary/aromatic N) is 2. The molecule has 1 saturated heterocycles. The summed E-state index contributed by atoms with van der Waals surface area (Å²) >= 11 is 0. The van der Waals surface area contributed by atoms with Gasteiger partial charge in [0.2, 0.25) is 5.91 Å². The molecule has 1 aliphatic heterocycles. The highest BCUT2D eigenvalue weighted by atomic mass is 16.2. The third-order valence-corrected chi connectivity index (χ3v) is 4.87. The van der Waals surface area contributed by atoms with Crippen molar-refractivity contribution in [1.82, 2.24) is 15.1 Å². The smallest absolute Gasteiger partial charge is 0.219 e. The van der Waals surface area contributed by atoms with Gasteiger partial charge < -0.3 is 10.2 Å². The molecule has 0 radical (unpaired) electrons. The Balaban J connectivity index is 1.74. The van der Waals surface area contributed by atoms with Gasteiger partial charge >= 0.3 is 0 Å². The third kappa shape index (κ3) is 4.45. The molecule has 0 aromatic heterocycles. The van der Waals surface area contributed by atoms with Gasteiger partial charge in [-0.3, -0.25) is 9.69 Å². The molecule has 0 aromatic carbocycles. The molecule has 0 atom stereocenters. The summed E-state index contributed by atoms with van der Waals surface area (Å²) in [4.78, 5) is 16.1. The van der Waals surface area contributed by atoms with Gasteiger partial charge in [0, 0.05) is 45.2 Å². The van der Waals surface area contributed by atoms with Gasteiger partial charge in [-0.15, -0.1) is 0 Å². The molecule has 116 valence electrons. The zero-order valence-corrected chi connectivity index (χ0v) is 13.2. The first kappa shape index (κ1) is 15.8. The fourth-order valence-electron chi connectivity index (χ4n) is 3.61. The Morgan fingerprint density at radius 1 is 1.10 bits per heavy atom. The molecule has 1 aliphatic carbocycles. The molecule has 1 N–H and O–H groups in total. The van der Waals surface area contributed by atoms with Gasteiger partial charge in [0.15, 0.2) is 0 Å². The van der Waals surface area contributed by atoms with E-state index in [0.29, 0.717) is 0 Å². The Hall–Kier alpha value is -0.610. The zero-order valence-electron chi connectivity index (χ0n) is 13.2. The van der Waals surface area contributed by atoms with E-state index in [2.05, 4.69) is 17.1 Å². The molecule has 0 spiro atoms. The van der Waals surface area contributed by atoms with E-state index in [1.165, 1.54) is 38.6 Å². The minimum Gasteiger partial charge on any atom is -0.342 e. The normalized spacial score (nSPS) is 29.2. The lowest BCUT2D eigenvalue weighted by molar-refractivity contribution is -0.128. The lowest BCUT2D eigenvalue weighted by Gasteiger charge is -2.36. The second-order valence-electron chi connectivity index (χ2n) is 6.36. The molecule has 2 rings (SSSR count). The number of hydrogen-bond acceptors (Lipinski definition) is 3. The van der Waals surface area contributed by atoms with Crippen molar-refractivity contribution < 1.29 is 4.79 Å². The van der Waals surface area contributed by atoms with E-state index in [-0.39, 0.29) is 5.91 Å². The van der Waals surface area contributed by atoms with E-state index < -0.39 is 0 Å². The van der Waals surface area contributed by atoms with Gasteiger partial charge in [-0.1, -0.05) is 6.92 Å². The largest absolute Gasteiger partial charge is 0.342 e. The minimum atomic E-state index is 0.235. The van der Waals surface area contributed by atoms with Crippen LogP contribution in [0.4, 0.5) is 0 Å². The molecule has 0 bridgehead atoms. The summed E-state index contributed by atoms with van der Waals surface area (Å²) in [5.74, 6) is 0.235. The Labute approximate surface area is 123 Å². The summed E-state index contributed by atoms with van der Waals surface area (Å²) in [5.41, 5.74) is 0. The number of rotatable bonds is 4. The van der Waals surface area contributed by atoms with Crippen LogP contribution in [-0.4, -0.2) is 60.5 Å². The van der Waals surface area contributed by atoms with Gasteiger partial charge in [0.25, 0.3) is 0 Å². The highest BCUT2D eigenvalue weighted by molar-refractivity contribution is 5.73. The van der Waals surface area contributed by atoms with Crippen LogP contribution in [0.3, 0.4) is 0 Å². The van der Waals surface area contributed by atoms with E-state index in [0.717, 1.165) is 44.7 Å². The van der Waals surface area contributed by atoms with Gasteiger partial charge in [-0.25, -0.2) is 0 Å². The summed E-state index contributed by atoms with van der Waals surface area (Å²) in [6, 6.07) is 1.49. The molecule has 0 aromatic rings. The summed E-state index contributed by atoms with van der Waals surface area (Å²) in [7, 11) is 0. The molecule has 1 saturated carbocycles. The molecule has 2 aliphatic rings. The van der Waals surface area contributed by atoms with Crippen LogP contribution in [0.5, 0.6) is 0 Å². The van der Waals surface area contributed by atoms with Crippen LogP contribution in [0.25, 0.3) is 0 Å². The van der Waals surface area contributed by atoms with Crippen molar-refractivity contribution in [1.29, 1.82) is 0 Å². The van der Waals surface area contributed by atoms with Crippen LogP contribution in [-0.2, 0) is 4.79 Å². The molecular formula is C16H31N3O. The highest BCUT2D eigenvalue weighted by Gasteiger charge is 2.27. The predicted molar refractivity (Wildman–Crippen MR) is 82.8 cm³/mol. The Kier molecular flexibility index (Phi) is 6.30. The van der Waals surface area contributed by atoms with E-state index in [4.69, 9.17) is 0 Å². The fourth-order valence-corrected chi connectivity index (χ4v) is 3.61. The SMILES string of the molecule is CCCNC1CCC(N2CCCN(C(C)=O)CC2)CC1. The maximum atomic E-state index is 11.5. The topological polar surface area (TPSA) is 35.6 Å². The first-order valence-electron chi connectivity index (χ1n) is 8.43. The number of hydrogen-bond donors (Lipinski definition) is 1. The standard InChI is InChI=1S/C16H31N3O/c1-3-9-17-15-5-7-16(8-6-15)19-11-4-10-18(12-13-19)14(2)20/h15-17H,3-13H2,1-2H3. The molecular weight excluding hydrogens is 250 g/mol. The second kappa shape index (κ2) is 7.99. The third-order valence-electron chi connectivity index (χ3n) is 4.87. The molecule has 4 heteroatoms. The molecule has 2 fully saturated rings. The quantitative estimate of drug-likeness (QED) is 0.854. The summed E-state index contributed by atoms with van der Waals surface area (Å²) < 4.78 is 0. The minimum absolute atomic E-state index is 0.235. The molecule has 20 heavy (non-hydrogen) atoms. The van der Waals surface area contributed by atoms with Crippen LogP contribution in [0.15, 0.2) is 0 Å². The number of carbonyl (C=O) groups is 1. The van der Waals surface area contributed by atoms with Gasteiger partial charge in [0.1, 0.15) is 0 Å². The Morgan fingerprint density at radius 3 is 2.50 bits per heavy atom.